The first-order chi connectivity index (χ1) is 18.2. The van der Waals surface area contributed by atoms with E-state index in [1.165, 1.54) is 6.92 Å². The Kier molecular flexibility index (Phi) is 14.6. The molecule has 1 unspecified atom stereocenters. The highest BCUT2D eigenvalue weighted by molar-refractivity contribution is 5.98. The highest BCUT2D eigenvalue weighted by atomic mass is 16.5. The molecule has 218 valence electrons. The smallest absolute Gasteiger partial charge is 0.224 e. The van der Waals surface area contributed by atoms with Crippen molar-refractivity contribution in [1.29, 1.82) is 0 Å². The third kappa shape index (κ3) is 15.8. The van der Waals surface area contributed by atoms with Gasteiger partial charge in [-0.1, -0.05) is 19.1 Å². The Morgan fingerprint density at radius 2 is 1.51 bits per heavy atom. The summed E-state index contributed by atoms with van der Waals surface area (Å²) < 4.78 is 6.11. The number of hydrogen-bond acceptors (Lipinski definition) is 6. The first-order valence-corrected chi connectivity index (χ1v) is 13.9. The molecular weight excluding hydrogens is 498 g/mol. The number of hydrogen-bond donors (Lipinski definition) is 3. The van der Waals surface area contributed by atoms with Crippen molar-refractivity contribution in [2.24, 2.45) is 5.73 Å². The van der Waals surface area contributed by atoms with Gasteiger partial charge in [-0.2, -0.15) is 0 Å². The summed E-state index contributed by atoms with van der Waals surface area (Å²) >= 11 is 0. The van der Waals surface area contributed by atoms with Crippen molar-refractivity contribution in [2.45, 2.75) is 116 Å². The van der Waals surface area contributed by atoms with Crippen molar-refractivity contribution < 1.29 is 28.7 Å². The van der Waals surface area contributed by atoms with E-state index in [2.05, 4.69) is 10.6 Å². The van der Waals surface area contributed by atoms with Gasteiger partial charge in [-0.25, -0.2) is 0 Å². The van der Waals surface area contributed by atoms with E-state index in [0.717, 1.165) is 18.4 Å². The molecule has 1 aromatic rings. The number of nitrogens with two attached hydrogens (primary N) is 1. The second-order valence-corrected chi connectivity index (χ2v) is 11.2. The molecule has 0 spiro atoms. The molecule has 4 N–H and O–H groups in total. The minimum absolute atomic E-state index is 0.0304. The second kappa shape index (κ2) is 16.8. The number of nitrogens with one attached hydrogen (secondary N) is 2. The minimum atomic E-state index is -0.459. The fourth-order valence-electron chi connectivity index (χ4n) is 4.08. The zero-order chi connectivity index (χ0) is 29.5. The molecule has 0 fully saturated rings. The third-order valence-corrected chi connectivity index (χ3v) is 6.72. The maximum atomic E-state index is 12.5. The van der Waals surface area contributed by atoms with Crippen molar-refractivity contribution >= 4 is 35.0 Å². The van der Waals surface area contributed by atoms with E-state index in [-0.39, 0.29) is 54.2 Å². The quantitative estimate of drug-likeness (QED) is 0.207. The molecule has 9 nitrogen and oxygen atoms in total. The topological polar surface area (TPSA) is 145 Å². The Morgan fingerprint density at radius 3 is 2.10 bits per heavy atom. The van der Waals surface area contributed by atoms with Crippen LogP contribution in [-0.4, -0.2) is 47.0 Å². The van der Waals surface area contributed by atoms with Crippen LogP contribution >= 0.6 is 0 Å². The Hall–Kier alpha value is -3.07. The number of amides is 3. The average molecular weight is 546 g/mol. The van der Waals surface area contributed by atoms with Crippen LogP contribution in [0.5, 0.6) is 0 Å². The number of anilines is 1. The highest BCUT2D eigenvalue weighted by Gasteiger charge is 2.26. The molecular formula is C30H47N3O6. The van der Waals surface area contributed by atoms with Gasteiger partial charge in [0.1, 0.15) is 11.6 Å². The molecule has 0 saturated heterocycles. The molecule has 0 saturated carbocycles. The number of ether oxygens (including phenoxy) is 1. The molecule has 1 rings (SSSR count). The fourth-order valence-corrected chi connectivity index (χ4v) is 4.08. The van der Waals surface area contributed by atoms with E-state index < -0.39 is 5.54 Å². The van der Waals surface area contributed by atoms with Crippen molar-refractivity contribution in [2.75, 3.05) is 11.9 Å². The SMILES string of the molecule is CCC(C)(CCCC(N)=O)OCCC(C)(C)NC(=O)CCCC(=O)Nc1ccc(CCC(=O)CC(C)=O)cc1. The zero-order valence-corrected chi connectivity index (χ0v) is 24.3. The van der Waals surface area contributed by atoms with Crippen molar-refractivity contribution in [1.82, 2.24) is 5.32 Å². The normalized spacial score (nSPS) is 12.8. The van der Waals surface area contributed by atoms with Gasteiger partial charge in [0.2, 0.25) is 17.7 Å². The van der Waals surface area contributed by atoms with Crippen molar-refractivity contribution in [3.05, 3.63) is 29.8 Å². The molecule has 1 aromatic carbocycles. The molecule has 0 radical (unpaired) electrons. The van der Waals surface area contributed by atoms with Crippen LogP contribution in [0.1, 0.15) is 104 Å². The summed E-state index contributed by atoms with van der Waals surface area (Å²) in [4.78, 5) is 58.4. The molecule has 1 atom stereocenters. The molecule has 3 amide bonds. The summed E-state index contributed by atoms with van der Waals surface area (Å²) in [6, 6.07) is 7.25. The number of carbonyl (C=O) groups excluding carboxylic acids is 5. The van der Waals surface area contributed by atoms with E-state index in [1.54, 1.807) is 12.1 Å². The van der Waals surface area contributed by atoms with Gasteiger partial charge < -0.3 is 21.1 Å². The first-order valence-electron chi connectivity index (χ1n) is 13.9. The Balaban J connectivity index is 2.33. The maximum Gasteiger partial charge on any atom is 0.224 e. The lowest BCUT2D eigenvalue weighted by Gasteiger charge is -2.32. The Bertz CT molecular complexity index is 973. The molecule has 0 aromatic heterocycles. The zero-order valence-electron chi connectivity index (χ0n) is 24.3. The van der Waals surface area contributed by atoms with Gasteiger partial charge in [0.05, 0.1) is 12.0 Å². The molecule has 0 bridgehead atoms. The monoisotopic (exact) mass is 545 g/mol. The maximum absolute atomic E-state index is 12.5. The molecule has 0 aliphatic carbocycles. The molecule has 0 heterocycles. The van der Waals surface area contributed by atoms with Gasteiger partial charge in [-0.05, 0) is 83.9 Å². The van der Waals surface area contributed by atoms with E-state index in [4.69, 9.17) is 10.5 Å². The molecule has 0 aliphatic rings. The van der Waals surface area contributed by atoms with E-state index in [0.29, 0.717) is 50.8 Å². The van der Waals surface area contributed by atoms with Crippen LogP contribution in [0.25, 0.3) is 0 Å². The lowest BCUT2D eigenvalue weighted by molar-refractivity contribution is -0.126. The number of benzene rings is 1. The van der Waals surface area contributed by atoms with Gasteiger partial charge in [-0.15, -0.1) is 0 Å². The largest absolute Gasteiger partial charge is 0.375 e. The molecule has 0 aliphatic heterocycles. The van der Waals surface area contributed by atoms with Crippen LogP contribution in [0.15, 0.2) is 24.3 Å². The van der Waals surface area contributed by atoms with Crippen molar-refractivity contribution in [3.63, 3.8) is 0 Å². The van der Waals surface area contributed by atoms with E-state index in [1.807, 2.05) is 39.8 Å². The fraction of sp³-hybridized carbons (Fsp3) is 0.633. The van der Waals surface area contributed by atoms with Crippen LogP contribution in [0.4, 0.5) is 5.69 Å². The highest BCUT2D eigenvalue weighted by Crippen LogP contribution is 2.24. The van der Waals surface area contributed by atoms with Crippen LogP contribution in [-0.2, 0) is 35.1 Å². The van der Waals surface area contributed by atoms with Crippen LogP contribution < -0.4 is 16.4 Å². The summed E-state index contributed by atoms with van der Waals surface area (Å²) in [5, 5.41) is 5.85. The minimum Gasteiger partial charge on any atom is -0.375 e. The number of rotatable bonds is 20. The lowest BCUT2D eigenvalue weighted by atomic mass is 9.95. The second-order valence-electron chi connectivity index (χ2n) is 11.2. The van der Waals surface area contributed by atoms with Crippen LogP contribution in [0.3, 0.4) is 0 Å². The van der Waals surface area contributed by atoms with Gasteiger partial charge in [0.15, 0.2) is 0 Å². The molecule has 9 heteroatoms. The van der Waals surface area contributed by atoms with Gasteiger partial charge in [0.25, 0.3) is 0 Å². The number of ketones is 2. The number of aryl methyl sites for hydroxylation is 1. The molecule has 39 heavy (non-hydrogen) atoms. The van der Waals surface area contributed by atoms with E-state index >= 15 is 0 Å². The summed E-state index contributed by atoms with van der Waals surface area (Å²) in [5.74, 6) is -0.798. The van der Waals surface area contributed by atoms with Crippen LogP contribution in [0.2, 0.25) is 0 Å². The predicted molar refractivity (Wildman–Crippen MR) is 152 cm³/mol. The van der Waals surface area contributed by atoms with Crippen LogP contribution in [0, 0.1) is 0 Å². The van der Waals surface area contributed by atoms with Gasteiger partial charge in [0, 0.05) is 43.5 Å². The summed E-state index contributed by atoms with van der Waals surface area (Å²) in [7, 11) is 0. The average Bonchev–Trinajstić information content (AvgIpc) is 2.82. The number of carbonyl (C=O) groups is 5. The predicted octanol–water partition coefficient (Wildman–Crippen LogP) is 4.40. The summed E-state index contributed by atoms with van der Waals surface area (Å²) in [5.41, 5.74) is 6.04. The lowest BCUT2D eigenvalue weighted by Crippen LogP contribution is -2.44. The summed E-state index contributed by atoms with van der Waals surface area (Å²) in [6.07, 6.45) is 4.94. The summed E-state index contributed by atoms with van der Waals surface area (Å²) in [6.45, 7) is 9.85. The van der Waals surface area contributed by atoms with E-state index in [9.17, 15) is 24.0 Å². The standard InChI is InChI=1S/C30H47N3O6/c1-6-30(5,18-8-9-26(31)36)39-20-19-29(3,4)33-28(38)11-7-10-27(37)32-24-15-12-23(13-16-24)14-17-25(35)21-22(2)34/h12-13,15-16H,6-11,14,17-21H2,1-5H3,(H2,31,36)(H,32,37)(H,33,38). The number of Topliss-reactive ketones (excluding diaryl/α,β-unsaturated/α-hetero) is 2. The third-order valence-electron chi connectivity index (χ3n) is 6.72. The van der Waals surface area contributed by atoms with Crippen molar-refractivity contribution in [3.8, 4) is 0 Å². The van der Waals surface area contributed by atoms with Gasteiger partial charge in [-0.3, -0.25) is 24.0 Å². The van der Waals surface area contributed by atoms with Gasteiger partial charge >= 0.3 is 0 Å². The number of primary amides is 1. The Labute approximate surface area is 233 Å². The first kappa shape index (κ1) is 34.0. The Morgan fingerprint density at radius 1 is 0.872 bits per heavy atom.